The molecular formula is C13H11N3. The first kappa shape index (κ1) is 9.09. The van der Waals surface area contributed by atoms with Crippen LogP contribution in [0.2, 0.25) is 0 Å². The molecule has 3 aromatic heterocycles. The molecule has 78 valence electrons. The zero-order chi connectivity index (χ0) is 11.0. The Balaban J connectivity index is 2.35. The summed E-state index contributed by atoms with van der Waals surface area (Å²) in [4.78, 5) is 11.7. The number of pyridine rings is 2. The van der Waals surface area contributed by atoms with Crippen LogP contribution in [-0.2, 0) is 0 Å². The van der Waals surface area contributed by atoms with Gasteiger partial charge in [-0.15, -0.1) is 0 Å². The maximum Gasteiger partial charge on any atom is 0.138 e. The van der Waals surface area contributed by atoms with Crippen molar-refractivity contribution in [2.45, 2.75) is 6.92 Å². The Morgan fingerprint density at radius 1 is 1.06 bits per heavy atom. The smallest absolute Gasteiger partial charge is 0.138 e. The molecule has 0 aromatic carbocycles. The first-order valence-electron chi connectivity index (χ1n) is 5.20. The summed E-state index contributed by atoms with van der Waals surface area (Å²) < 4.78 is 0. The Morgan fingerprint density at radius 3 is 2.69 bits per heavy atom. The van der Waals surface area contributed by atoms with E-state index >= 15 is 0 Å². The number of hydrogen-bond acceptors (Lipinski definition) is 2. The summed E-state index contributed by atoms with van der Waals surface area (Å²) in [7, 11) is 0. The van der Waals surface area contributed by atoms with E-state index in [0.29, 0.717) is 0 Å². The zero-order valence-corrected chi connectivity index (χ0v) is 8.94. The predicted molar refractivity (Wildman–Crippen MR) is 64.1 cm³/mol. The molecule has 0 aliphatic rings. The van der Waals surface area contributed by atoms with E-state index in [1.165, 1.54) is 11.1 Å². The van der Waals surface area contributed by atoms with E-state index in [0.717, 1.165) is 16.7 Å². The molecule has 3 heteroatoms. The number of nitrogens with one attached hydrogen (secondary N) is 1. The fourth-order valence-corrected chi connectivity index (χ4v) is 2.04. The Bertz CT molecular complexity index is 626. The van der Waals surface area contributed by atoms with Gasteiger partial charge in [0.05, 0.1) is 0 Å². The quantitative estimate of drug-likeness (QED) is 0.669. The van der Waals surface area contributed by atoms with Crippen molar-refractivity contribution >= 4 is 11.0 Å². The summed E-state index contributed by atoms with van der Waals surface area (Å²) in [5.41, 5.74) is 4.46. The molecule has 3 nitrogen and oxygen atoms in total. The summed E-state index contributed by atoms with van der Waals surface area (Å²) in [6.45, 7) is 2.07. The van der Waals surface area contributed by atoms with Crippen LogP contribution >= 0.6 is 0 Å². The third-order valence-electron chi connectivity index (χ3n) is 2.73. The highest BCUT2D eigenvalue weighted by Gasteiger charge is 2.09. The van der Waals surface area contributed by atoms with Gasteiger partial charge in [-0.2, -0.15) is 0 Å². The fourth-order valence-electron chi connectivity index (χ4n) is 2.04. The summed E-state index contributed by atoms with van der Waals surface area (Å²) >= 11 is 0. The van der Waals surface area contributed by atoms with Crippen LogP contribution in [0.5, 0.6) is 0 Å². The number of nitrogens with zero attached hydrogens (tertiary/aromatic N) is 2. The van der Waals surface area contributed by atoms with E-state index in [2.05, 4.69) is 27.9 Å². The third kappa shape index (κ3) is 1.29. The topological polar surface area (TPSA) is 41.6 Å². The minimum Gasteiger partial charge on any atom is -0.343 e. The highest BCUT2D eigenvalue weighted by atomic mass is 14.9. The number of aryl methyl sites for hydroxylation is 1. The lowest BCUT2D eigenvalue weighted by Crippen LogP contribution is -1.79. The molecule has 0 radical (unpaired) electrons. The molecule has 0 unspecified atom stereocenters. The third-order valence-corrected chi connectivity index (χ3v) is 2.73. The van der Waals surface area contributed by atoms with Crippen LogP contribution in [0, 0.1) is 6.92 Å². The van der Waals surface area contributed by atoms with Crippen molar-refractivity contribution in [1.82, 2.24) is 15.0 Å². The summed E-state index contributed by atoms with van der Waals surface area (Å²) in [5, 5.41) is 1.16. The molecule has 0 spiro atoms. The zero-order valence-electron chi connectivity index (χ0n) is 8.94. The lowest BCUT2D eigenvalue weighted by molar-refractivity contribution is 1.25. The predicted octanol–water partition coefficient (Wildman–Crippen LogP) is 2.93. The van der Waals surface area contributed by atoms with Crippen molar-refractivity contribution in [3.8, 4) is 11.1 Å². The molecule has 0 aliphatic carbocycles. The van der Waals surface area contributed by atoms with E-state index in [9.17, 15) is 0 Å². The lowest BCUT2D eigenvalue weighted by atomic mass is 10.0. The van der Waals surface area contributed by atoms with Crippen LogP contribution in [0.15, 0.2) is 42.9 Å². The molecular weight excluding hydrogens is 198 g/mol. The average molecular weight is 209 g/mol. The molecule has 0 aliphatic heterocycles. The second-order valence-corrected chi connectivity index (χ2v) is 3.76. The van der Waals surface area contributed by atoms with Gasteiger partial charge in [-0.3, -0.25) is 4.98 Å². The highest BCUT2D eigenvalue weighted by Crippen LogP contribution is 2.30. The molecule has 3 rings (SSSR count). The van der Waals surface area contributed by atoms with Gasteiger partial charge in [-0.05, 0) is 36.8 Å². The van der Waals surface area contributed by atoms with Crippen molar-refractivity contribution in [3.05, 3.63) is 48.5 Å². The lowest BCUT2D eigenvalue weighted by Gasteiger charge is -2.00. The van der Waals surface area contributed by atoms with E-state index in [1.54, 1.807) is 6.20 Å². The Kier molecular flexibility index (Phi) is 1.96. The molecule has 0 saturated carbocycles. The Morgan fingerprint density at radius 2 is 1.88 bits per heavy atom. The van der Waals surface area contributed by atoms with Gasteiger partial charge in [0.25, 0.3) is 0 Å². The second kappa shape index (κ2) is 3.45. The van der Waals surface area contributed by atoms with Crippen LogP contribution in [0.25, 0.3) is 22.2 Å². The number of aromatic amines is 1. The molecule has 0 fully saturated rings. The van der Waals surface area contributed by atoms with Crippen molar-refractivity contribution in [1.29, 1.82) is 0 Å². The largest absolute Gasteiger partial charge is 0.343 e. The van der Waals surface area contributed by atoms with Gasteiger partial charge in [-0.25, -0.2) is 4.98 Å². The van der Waals surface area contributed by atoms with E-state index in [-0.39, 0.29) is 0 Å². The van der Waals surface area contributed by atoms with Gasteiger partial charge in [0.15, 0.2) is 0 Å². The Hall–Kier alpha value is -2.16. The SMILES string of the molecule is Cc1[nH]c2ncccc2c1-c1ccncc1. The molecule has 3 aromatic rings. The Labute approximate surface area is 93.2 Å². The molecule has 16 heavy (non-hydrogen) atoms. The van der Waals surface area contributed by atoms with Gasteiger partial charge in [0, 0.05) is 35.2 Å². The summed E-state index contributed by atoms with van der Waals surface area (Å²) in [5.74, 6) is 0. The number of H-pyrrole nitrogens is 1. The monoisotopic (exact) mass is 209 g/mol. The highest BCUT2D eigenvalue weighted by molar-refractivity contribution is 5.95. The fraction of sp³-hybridized carbons (Fsp3) is 0.0769. The second-order valence-electron chi connectivity index (χ2n) is 3.76. The minimum absolute atomic E-state index is 0.937. The summed E-state index contributed by atoms with van der Waals surface area (Å²) in [6, 6.07) is 8.08. The first-order chi connectivity index (χ1) is 7.86. The molecule has 0 bridgehead atoms. The molecule has 0 saturated heterocycles. The molecule has 3 heterocycles. The maximum absolute atomic E-state index is 4.32. The number of fused-ring (bicyclic) bond motifs is 1. The standard InChI is InChI=1S/C13H11N3/c1-9-12(10-4-7-14-8-5-10)11-3-2-6-15-13(11)16-9/h2-8H,1H3,(H,15,16). The average Bonchev–Trinajstić information content (AvgIpc) is 2.66. The van der Waals surface area contributed by atoms with Crippen LogP contribution in [-0.4, -0.2) is 15.0 Å². The van der Waals surface area contributed by atoms with Crippen molar-refractivity contribution in [3.63, 3.8) is 0 Å². The number of rotatable bonds is 1. The van der Waals surface area contributed by atoms with Crippen LogP contribution in [0.4, 0.5) is 0 Å². The van der Waals surface area contributed by atoms with Crippen molar-refractivity contribution < 1.29 is 0 Å². The van der Waals surface area contributed by atoms with E-state index < -0.39 is 0 Å². The van der Waals surface area contributed by atoms with Crippen LogP contribution in [0.1, 0.15) is 5.69 Å². The normalized spacial score (nSPS) is 10.8. The molecule has 0 atom stereocenters. The van der Waals surface area contributed by atoms with Gasteiger partial charge in [0.2, 0.25) is 0 Å². The van der Waals surface area contributed by atoms with Crippen molar-refractivity contribution in [2.24, 2.45) is 0 Å². The van der Waals surface area contributed by atoms with Gasteiger partial charge in [-0.1, -0.05) is 0 Å². The van der Waals surface area contributed by atoms with E-state index in [4.69, 9.17) is 0 Å². The van der Waals surface area contributed by atoms with E-state index in [1.807, 2.05) is 30.6 Å². The number of aromatic nitrogens is 3. The van der Waals surface area contributed by atoms with Crippen LogP contribution in [0.3, 0.4) is 0 Å². The van der Waals surface area contributed by atoms with Gasteiger partial charge < -0.3 is 4.98 Å². The first-order valence-corrected chi connectivity index (χ1v) is 5.20. The van der Waals surface area contributed by atoms with Crippen LogP contribution < -0.4 is 0 Å². The van der Waals surface area contributed by atoms with Crippen molar-refractivity contribution in [2.75, 3.05) is 0 Å². The van der Waals surface area contributed by atoms with Gasteiger partial charge >= 0.3 is 0 Å². The number of hydrogen-bond donors (Lipinski definition) is 1. The summed E-state index contributed by atoms with van der Waals surface area (Å²) in [6.07, 6.45) is 5.42. The molecule has 0 amide bonds. The maximum atomic E-state index is 4.32. The van der Waals surface area contributed by atoms with Gasteiger partial charge in [0.1, 0.15) is 5.65 Å². The molecule has 1 N–H and O–H groups in total. The minimum atomic E-state index is 0.937.